The molecular weight excluding hydrogens is 465 g/mol. The summed E-state index contributed by atoms with van der Waals surface area (Å²) in [6.07, 6.45) is 0. The molecular formula is C22H32IN3O2. The van der Waals surface area contributed by atoms with Gasteiger partial charge >= 0.3 is 0 Å². The van der Waals surface area contributed by atoms with Gasteiger partial charge in [-0.15, -0.1) is 24.0 Å². The van der Waals surface area contributed by atoms with Crippen LogP contribution in [0.3, 0.4) is 0 Å². The van der Waals surface area contributed by atoms with Crippen molar-refractivity contribution < 1.29 is 9.47 Å². The predicted molar refractivity (Wildman–Crippen MR) is 126 cm³/mol. The topological polar surface area (TPSA) is 54.9 Å². The highest BCUT2D eigenvalue weighted by Gasteiger charge is 2.04. The number of hydrogen-bond acceptors (Lipinski definition) is 3. The van der Waals surface area contributed by atoms with Crippen molar-refractivity contribution in [2.75, 3.05) is 19.8 Å². The van der Waals surface area contributed by atoms with Crippen molar-refractivity contribution in [3.63, 3.8) is 0 Å². The van der Waals surface area contributed by atoms with Crippen molar-refractivity contribution in [2.24, 2.45) is 4.99 Å². The number of rotatable bonds is 10. The molecule has 0 unspecified atom stereocenters. The summed E-state index contributed by atoms with van der Waals surface area (Å²) < 4.78 is 11.1. The number of nitrogens with zero attached hydrogens (tertiary/aromatic N) is 1. The highest BCUT2D eigenvalue weighted by atomic mass is 127. The number of aliphatic imine (C=N–C) groups is 1. The number of para-hydroxylation sites is 1. The van der Waals surface area contributed by atoms with E-state index in [2.05, 4.69) is 52.9 Å². The Morgan fingerprint density at radius 1 is 0.893 bits per heavy atom. The summed E-state index contributed by atoms with van der Waals surface area (Å²) in [7, 11) is 0. The van der Waals surface area contributed by atoms with Crippen LogP contribution >= 0.6 is 24.0 Å². The van der Waals surface area contributed by atoms with Crippen molar-refractivity contribution in [3.8, 4) is 5.75 Å². The highest BCUT2D eigenvalue weighted by molar-refractivity contribution is 14.0. The number of nitrogens with one attached hydrogen (secondary N) is 2. The van der Waals surface area contributed by atoms with Gasteiger partial charge < -0.3 is 20.1 Å². The van der Waals surface area contributed by atoms with Crippen molar-refractivity contribution in [1.82, 2.24) is 10.6 Å². The first-order valence-corrected chi connectivity index (χ1v) is 9.65. The van der Waals surface area contributed by atoms with Crippen LogP contribution in [0.15, 0.2) is 53.5 Å². The first-order valence-electron chi connectivity index (χ1n) is 9.65. The molecule has 0 heterocycles. The molecule has 0 saturated heterocycles. The lowest BCUT2D eigenvalue weighted by Crippen LogP contribution is -2.36. The second-order valence-electron chi connectivity index (χ2n) is 6.04. The molecule has 0 saturated carbocycles. The number of hydrogen-bond donors (Lipinski definition) is 2. The molecule has 2 aromatic carbocycles. The summed E-state index contributed by atoms with van der Waals surface area (Å²) in [5, 5.41) is 6.68. The van der Waals surface area contributed by atoms with Crippen molar-refractivity contribution >= 4 is 29.9 Å². The third-order valence-corrected chi connectivity index (χ3v) is 3.98. The van der Waals surface area contributed by atoms with E-state index >= 15 is 0 Å². The Balaban J connectivity index is 0.00000392. The minimum Gasteiger partial charge on any atom is -0.494 e. The first-order chi connectivity index (χ1) is 13.3. The van der Waals surface area contributed by atoms with Gasteiger partial charge in [-0.2, -0.15) is 0 Å². The van der Waals surface area contributed by atoms with Gasteiger partial charge in [0.2, 0.25) is 0 Å². The molecule has 0 fully saturated rings. The number of benzene rings is 2. The number of guanidine groups is 1. The van der Waals surface area contributed by atoms with E-state index in [4.69, 9.17) is 9.47 Å². The third kappa shape index (κ3) is 8.48. The van der Waals surface area contributed by atoms with E-state index < -0.39 is 0 Å². The van der Waals surface area contributed by atoms with Crippen LogP contribution in [0.25, 0.3) is 0 Å². The molecule has 0 spiro atoms. The Morgan fingerprint density at radius 2 is 1.61 bits per heavy atom. The average Bonchev–Trinajstić information content (AvgIpc) is 2.70. The molecule has 0 atom stereocenters. The summed E-state index contributed by atoms with van der Waals surface area (Å²) in [6.45, 7) is 10.2. The van der Waals surface area contributed by atoms with E-state index in [-0.39, 0.29) is 24.0 Å². The zero-order valence-electron chi connectivity index (χ0n) is 17.0. The Morgan fingerprint density at radius 3 is 2.29 bits per heavy atom. The summed E-state index contributed by atoms with van der Waals surface area (Å²) in [6, 6.07) is 16.5. The fourth-order valence-corrected chi connectivity index (χ4v) is 2.60. The first kappa shape index (κ1) is 24.2. The van der Waals surface area contributed by atoms with Crippen LogP contribution in [0.2, 0.25) is 0 Å². The maximum absolute atomic E-state index is 5.69. The molecule has 0 bridgehead atoms. The Bertz CT molecular complexity index is 705. The quantitative estimate of drug-likeness (QED) is 0.289. The van der Waals surface area contributed by atoms with Crippen LogP contribution in [0.1, 0.15) is 37.5 Å². The molecule has 2 rings (SSSR count). The molecule has 0 aliphatic rings. The molecule has 0 aliphatic heterocycles. The van der Waals surface area contributed by atoms with Gasteiger partial charge in [0.05, 0.1) is 19.8 Å². The molecule has 2 N–H and O–H groups in total. The molecule has 28 heavy (non-hydrogen) atoms. The van der Waals surface area contributed by atoms with Crippen LogP contribution in [-0.2, 0) is 24.4 Å². The summed E-state index contributed by atoms with van der Waals surface area (Å²) >= 11 is 0. The van der Waals surface area contributed by atoms with E-state index in [0.717, 1.165) is 30.4 Å². The average molecular weight is 497 g/mol. The third-order valence-electron chi connectivity index (χ3n) is 3.98. The smallest absolute Gasteiger partial charge is 0.191 e. The molecule has 6 heteroatoms. The van der Waals surface area contributed by atoms with Gasteiger partial charge in [0.15, 0.2) is 5.96 Å². The largest absolute Gasteiger partial charge is 0.494 e. The van der Waals surface area contributed by atoms with E-state index in [1.165, 1.54) is 11.1 Å². The predicted octanol–water partition coefficient (Wildman–Crippen LogP) is 4.50. The number of halogens is 1. The van der Waals surface area contributed by atoms with Crippen LogP contribution in [-0.4, -0.2) is 25.7 Å². The van der Waals surface area contributed by atoms with Gasteiger partial charge in [-0.3, -0.25) is 0 Å². The van der Waals surface area contributed by atoms with Crippen LogP contribution in [0, 0.1) is 0 Å². The van der Waals surface area contributed by atoms with Gasteiger partial charge in [0.1, 0.15) is 5.75 Å². The number of ether oxygens (including phenoxy) is 2. The van der Waals surface area contributed by atoms with Gasteiger partial charge in [-0.1, -0.05) is 42.5 Å². The van der Waals surface area contributed by atoms with E-state index in [1.54, 1.807) is 0 Å². The van der Waals surface area contributed by atoms with Gasteiger partial charge in [-0.05, 0) is 38.0 Å². The van der Waals surface area contributed by atoms with Crippen LogP contribution in [0.5, 0.6) is 5.75 Å². The second-order valence-corrected chi connectivity index (χ2v) is 6.04. The maximum Gasteiger partial charge on any atom is 0.191 e. The fourth-order valence-electron chi connectivity index (χ4n) is 2.60. The van der Waals surface area contributed by atoms with Gasteiger partial charge in [0.25, 0.3) is 0 Å². The summed E-state index contributed by atoms with van der Waals surface area (Å²) in [4.78, 5) is 4.69. The summed E-state index contributed by atoms with van der Waals surface area (Å²) in [5.41, 5.74) is 3.47. The molecule has 0 radical (unpaired) electrons. The Kier molecular flexibility index (Phi) is 12.3. The van der Waals surface area contributed by atoms with Crippen molar-refractivity contribution in [2.45, 2.75) is 40.5 Å². The zero-order chi connectivity index (χ0) is 19.3. The van der Waals surface area contributed by atoms with Crippen molar-refractivity contribution in [3.05, 3.63) is 65.2 Å². The van der Waals surface area contributed by atoms with Gasteiger partial charge in [0, 0.05) is 25.3 Å². The minimum atomic E-state index is 0. The zero-order valence-corrected chi connectivity index (χ0v) is 19.4. The molecule has 5 nitrogen and oxygen atoms in total. The molecule has 154 valence electrons. The maximum atomic E-state index is 5.69. The van der Waals surface area contributed by atoms with E-state index in [0.29, 0.717) is 26.3 Å². The molecule has 0 aromatic heterocycles. The van der Waals surface area contributed by atoms with E-state index in [9.17, 15) is 0 Å². The Hall–Kier alpha value is -1.80. The molecule has 0 amide bonds. The Labute approximate surface area is 186 Å². The monoisotopic (exact) mass is 497 g/mol. The van der Waals surface area contributed by atoms with E-state index in [1.807, 2.05) is 32.0 Å². The second kappa shape index (κ2) is 14.2. The van der Waals surface area contributed by atoms with Gasteiger partial charge in [-0.25, -0.2) is 4.99 Å². The van der Waals surface area contributed by atoms with Crippen LogP contribution < -0.4 is 15.4 Å². The van der Waals surface area contributed by atoms with Crippen LogP contribution in [0.4, 0.5) is 0 Å². The minimum absolute atomic E-state index is 0. The van der Waals surface area contributed by atoms with Crippen molar-refractivity contribution in [1.29, 1.82) is 0 Å². The molecule has 2 aromatic rings. The lowest BCUT2D eigenvalue weighted by atomic mass is 10.1. The molecule has 0 aliphatic carbocycles. The fraction of sp³-hybridized carbons (Fsp3) is 0.409. The summed E-state index contributed by atoms with van der Waals surface area (Å²) in [5.74, 6) is 1.70. The normalized spacial score (nSPS) is 10.9. The highest BCUT2D eigenvalue weighted by Crippen LogP contribution is 2.17. The lowest BCUT2D eigenvalue weighted by molar-refractivity contribution is 0.134. The standard InChI is InChI=1S/C22H31N3O2.HI/c1-4-23-22(25-16-20-9-7-8-10-21(20)27-6-3)24-15-18-11-13-19(14-12-18)17-26-5-2;/h7-14H,4-6,15-17H2,1-3H3,(H2,23,24,25);1H. The SMILES string of the molecule is CCNC(=NCc1ccc(COCC)cc1)NCc1ccccc1OCC.I. The lowest BCUT2D eigenvalue weighted by Gasteiger charge is -2.14.